The zero-order valence-corrected chi connectivity index (χ0v) is 8.29. The summed E-state index contributed by atoms with van der Waals surface area (Å²) in [6.45, 7) is 0. The molecule has 3 heteroatoms. The molecule has 0 fully saturated rings. The molecule has 0 heterocycles. The molecule has 50 valence electrons. The highest BCUT2D eigenvalue weighted by Gasteiger charge is 2.06. The fraction of sp³-hybridized carbons (Fsp3) is 0.333. The first-order valence-corrected chi connectivity index (χ1v) is 4.44. The summed E-state index contributed by atoms with van der Waals surface area (Å²) in [6.07, 6.45) is 3.70. The molecule has 0 N–H and O–H groups in total. The molecule has 0 aromatic heterocycles. The van der Waals surface area contributed by atoms with Crippen LogP contribution in [0.25, 0.3) is 0 Å². The van der Waals surface area contributed by atoms with E-state index >= 15 is 0 Å². The highest BCUT2D eigenvalue weighted by molar-refractivity contribution is 14.1. The predicted molar refractivity (Wildman–Crippen MR) is 50.1 cm³/mol. The largest absolute Gasteiger partial charge is 0.0891 e. The van der Waals surface area contributed by atoms with Gasteiger partial charge in [0.05, 0.1) is 0 Å². The third-order valence-electron chi connectivity index (χ3n) is 1.13. The maximum atomic E-state index is 5.80. The van der Waals surface area contributed by atoms with E-state index in [0.29, 0.717) is 0 Å². The predicted octanol–water partition coefficient (Wildman–Crippen LogP) is 3.79. The Morgan fingerprint density at radius 1 is 1.33 bits per heavy atom. The zero-order valence-electron chi connectivity index (χ0n) is 4.63. The van der Waals surface area contributed by atoms with Gasteiger partial charge in [0.25, 0.3) is 0 Å². The Labute approximate surface area is 78.0 Å². The summed E-state index contributed by atoms with van der Waals surface area (Å²) in [5.74, 6) is 0. The second-order valence-electron chi connectivity index (χ2n) is 1.84. The maximum Gasteiger partial charge on any atom is 0.0318 e. The van der Waals surface area contributed by atoms with Crippen molar-refractivity contribution in [2.45, 2.75) is 12.8 Å². The van der Waals surface area contributed by atoms with Crippen molar-refractivity contribution >= 4 is 45.8 Å². The van der Waals surface area contributed by atoms with Crippen LogP contribution in [0.4, 0.5) is 0 Å². The zero-order chi connectivity index (χ0) is 6.85. The van der Waals surface area contributed by atoms with Crippen molar-refractivity contribution in [3.05, 3.63) is 19.7 Å². The van der Waals surface area contributed by atoms with Gasteiger partial charge < -0.3 is 0 Å². The molecule has 0 atom stereocenters. The summed E-state index contributed by atoms with van der Waals surface area (Å²) >= 11 is 13.7. The van der Waals surface area contributed by atoms with Gasteiger partial charge in [0.1, 0.15) is 0 Å². The molecule has 0 radical (unpaired) electrons. The van der Waals surface area contributed by atoms with Gasteiger partial charge in [-0.05, 0) is 41.5 Å². The van der Waals surface area contributed by atoms with E-state index < -0.39 is 0 Å². The summed E-state index contributed by atoms with van der Waals surface area (Å²) < 4.78 is 1.07. The molecule has 0 saturated heterocycles. The molecule has 1 aliphatic carbocycles. The molecule has 0 saturated carbocycles. The summed E-state index contributed by atoms with van der Waals surface area (Å²) in [6, 6.07) is 0. The van der Waals surface area contributed by atoms with Crippen LogP contribution in [0.5, 0.6) is 0 Å². The lowest BCUT2D eigenvalue weighted by Crippen LogP contribution is -1.85. The SMILES string of the molecule is ClC1=CC(I)=C(Cl)CC1. The monoisotopic (exact) mass is 274 g/mol. The maximum absolute atomic E-state index is 5.80. The fourth-order valence-corrected chi connectivity index (χ4v) is 1.82. The van der Waals surface area contributed by atoms with Gasteiger partial charge in [-0.2, -0.15) is 0 Å². The van der Waals surface area contributed by atoms with Gasteiger partial charge in [-0.15, -0.1) is 0 Å². The first-order valence-electron chi connectivity index (χ1n) is 2.60. The first kappa shape index (κ1) is 7.89. The molecule has 0 aromatic carbocycles. The minimum Gasteiger partial charge on any atom is -0.0891 e. The Kier molecular flexibility index (Phi) is 2.86. The Hall–Kier alpha value is 0.790. The van der Waals surface area contributed by atoms with Gasteiger partial charge >= 0.3 is 0 Å². The van der Waals surface area contributed by atoms with E-state index in [0.717, 1.165) is 26.5 Å². The molecular formula is C6H5Cl2I. The van der Waals surface area contributed by atoms with Crippen LogP contribution in [0.3, 0.4) is 0 Å². The highest BCUT2D eigenvalue weighted by Crippen LogP contribution is 2.31. The Bertz CT molecular complexity index is 181. The van der Waals surface area contributed by atoms with Gasteiger partial charge in [0.2, 0.25) is 0 Å². The van der Waals surface area contributed by atoms with Gasteiger partial charge in [-0.25, -0.2) is 0 Å². The lowest BCUT2D eigenvalue weighted by atomic mass is 10.2. The Morgan fingerprint density at radius 3 is 2.44 bits per heavy atom. The van der Waals surface area contributed by atoms with Crippen LogP contribution >= 0.6 is 45.8 Å². The number of rotatable bonds is 0. The second kappa shape index (κ2) is 3.26. The van der Waals surface area contributed by atoms with Crippen molar-refractivity contribution < 1.29 is 0 Å². The summed E-state index contributed by atoms with van der Waals surface area (Å²) in [7, 11) is 0. The van der Waals surface area contributed by atoms with E-state index in [2.05, 4.69) is 22.6 Å². The third kappa shape index (κ3) is 2.13. The van der Waals surface area contributed by atoms with Crippen molar-refractivity contribution in [3.8, 4) is 0 Å². The van der Waals surface area contributed by atoms with Gasteiger partial charge in [0.15, 0.2) is 0 Å². The number of hydrogen-bond acceptors (Lipinski definition) is 0. The molecule has 1 rings (SSSR count). The highest BCUT2D eigenvalue weighted by atomic mass is 127. The molecule has 0 aliphatic heterocycles. The molecule has 0 spiro atoms. The molecule has 0 bridgehead atoms. The Morgan fingerprint density at radius 2 is 2.00 bits per heavy atom. The van der Waals surface area contributed by atoms with Gasteiger partial charge in [-0.3, -0.25) is 0 Å². The normalized spacial score (nSPS) is 20.1. The summed E-state index contributed by atoms with van der Waals surface area (Å²) in [4.78, 5) is 0. The number of hydrogen-bond donors (Lipinski definition) is 0. The van der Waals surface area contributed by atoms with E-state index in [4.69, 9.17) is 23.2 Å². The average molecular weight is 275 g/mol. The quantitative estimate of drug-likeness (QED) is 0.590. The van der Waals surface area contributed by atoms with E-state index in [1.54, 1.807) is 0 Å². The second-order valence-corrected chi connectivity index (χ2v) is 3.95. The van der Waals surface area contributed by atoms with Crippen molar-refractivity contribution in [1.29, 1.82) is 0 Å². The topological polar surface area (TPSA) is 0 Å². The molecule has 0 nitrogen and oxygen atoms in total. The number of halogens is 3. The lowest BCUT2D eigenvalue weighted by molar-refractivity contribution is 0.997. The first-order chi connectivity index (χ1) is 4.20. The van der Waals surface area contributed by atoms with Crippen LogP contribution in [0.1, 0.15) is 12.8 Å². The van der Waals surface area contributed by atoms with Crippen LogP contribution in [-0.4, -0.2) is 0 Å². The van der Waals surface area contributed by atoms with E-state index in [9.17, 15) is 0 Å². The standard InChI is InChI=1S/C6H5Cl2I/c7-4-1-2-5(8)6(9)3-4/h3H,1-2H2. The van der Waals surface area contributed by atoms with Crippen LogP contribution in [0.2, 0.25) is 0 Å². The fourth-order valence-electron chi connectivity index (χ4n) is 0.637. The molecule has 9 heavy (non-hydrogen) atoms. The third-order valence-corrected chi connectivity index (χ3v) is 3.10. The lowest BCUT2D eigenvalue weighted by Gasteiger charge is -2.06. The van der Waals surface area contributed by atoms with E-state index in [-0.39, 0.29) is 0 Å². The van der Waals surface area contributed by atoms with Crippen LogP contribution in [0, 0.1) is 0 Å². The van der Waals surface area contributed by atoms with Crippen molar-refractivity contribution in [2.75, 3.05) is 0 Å². The van der Waals surface area contributed by atoms with Crippen molar-refractivity contribution in [3.63, 3.8) is 0 Å². The van der Waals surface area contributed by atoms with Crippen LogP contribution < -0.4 is 0 Å². The van der Waals surface area contributed by atoms with Crippen molar-refractivity contribution in [2.24, 2.45) is 0 Å². The molecule has 0 unspecified atom stereocenters. The van der Waals surface area contributed by atoms with Gasteiger partial charge in [-0.1, -0.05) is 23.2 Å². The molecule has 0 aromatic rings. The Balaban J connectivity index is 2.83. The average Bonchev–Trinajstić information content (AvgIpc) is 1.80. The van der Waals surface area contributed by atoms with Gasteiger partial charge in [0, 0.05) is 13.6 Å². The van der Waals surface area contributed by atoms with Crippen LogP contribution in [-0.2, 0) is 0 Å². The van der Waals surface area contributed by atoms with E-state index in [1.165, 1.54) is 0 Å². The molecular weight excluding hydrogens is 270 g/mol. The summed E-state index contributed by atoms with van der Waals surface area (Å²) in [5, 5.41) is 1.84. The molecule has 0 amide bonds. The number of allylic oxidation sites excluding steroid dienone is 4. The molecule has 1 aliphatic rings. The summed E-state index contributed by atoms with van der Waals surface area (Å²) in [5.41, 5.74) is 0. The minimum absolute atomic E-state index is 0.896. The van der Waals surface area contributed by atoms with Crippen molar-refractivity contribution in [1.82, 2.24) is 0 Å². The minimum atomic E-state index is 0.896. The van der Waals surface area contributed by atoms with E-state index in [1.807, 2.05) is 6.08 Å². The van der Waals surface area contributed by atoms with Crippen LogP contribution in [0.15, 0.2) is 19.7 Å². The smallest absolute Gasteiger partial charge is 0.0318 e.